The van der Waals surface area contributed by atoms with Gasteiger partial charge in [0.2, 0.25) is 5.95 Å². The molecule has 1 aromatic heterocycles. The van der Waals surface area contributed by atoms with Crippen molar-refractivity contribution >= 4 is 17.5 Å². The first-order chi connectivity index (χ1) is 12.2. The highest BCUT2D eigenvalue weighted by Gasteiger charge is 2.06. The lowest BCUT2D eigenvalue weighted by molar-refractivity contribution is 0.340. The summed E-state index contributed by atoms with van der Waals surface area (Å²) in [5, 5.41) is 3.30. The van der Waals surface area contributed by atoms with E-state index in [1.165, 1.54) is 5.56 Å². The highest BCUT2D eigenvalue weighted by Crippen LogP contribution is 2.20. The molecular formula is C20H22N4O. The number of anilines is 3. The maximum absolute atomic E-state index is 5.46. The average Bonchev–Trinajstić information content (AvgIpc) is 2.65. The molecule has 0 radical (unpaired) electrons. The highest BCUT2D eigenvalue weighted by molar-refractivity contribution is 5.58. The summed E-state index contributed by atoms with van der Waals surface area (Å²) in [6.45, 7) is 3.39. The van der Waals surface area contributed by atoms with Gasteiger partial charge in [0.1, 0.15) is 11.6 Å². The lowest BCUT2D eigenvalue weighted by Gasteiger charge is -2.17. The molecule has 0 aliphatic rings. The van der Waals surface area contributed by atoms with Crippen molar-refractivity contribution in [3.8, 4) is 5.75 Å². The van der Waals surface area contributed by atoms with Gasteiger partial charge < -0.3 is 15.0 Å². The lowest BCUT2D eigenvalue weighted by Crippen LogP contribution is -2.19. The van der Waals surface area contributed by atoms with Crippen LogP contribution >= 0.6 is 0 Å². The molecule has 1 N–H and O–H groups in total. The standard InChI is InChI=1S/C20H22N4O/c1-3-25-18-11-9-17(10-12-18)22-19-13-14-21-20(23-19)24(2)15-16-7-5-4-6-8-16/h4-14H,3,15H2,1-2H3,(H,21,22,23). The van der Waals surface area contributed by atoms with Crippen LogP contribution in [0.3, 0.4) is 0 Å². The molecule has 0 saturated carbocycles. The van der Waals surface area contributed by atoms with Gasteiger partial charge in [0.25, 0.3) is 0 Å². The fraction of sp³-hybridized carbons (Fsp3) is 0.200. The van der Waals surface area contributed by atoms with E-state index in [9.17, 15) is 0 Å². The maximum Gasteiger partial charge on any atom is 0.227 e. The summed E-state index contributed by atoms with van der Waals surface area (Å²) in [6.07, 6.45) is 1.76. The van der Waals surface area contributed by atoms with Crippen LogP contribution in [-0.2, 0) is 6.54 Å². The minimum absolute atomic E-state index is 0.662. The van der Waals surface area contributed by atoms with Gasteiger partial charge in [-0.05, 0) is 42.8 Å². The van der Waals surface area contributed by atoms with E-state index in [1.54, 1.807) is 6.20 Å². The molecule has 0 aliphatic carbocycles. The van der Waals surface area contributed by atoms with Crippen molar-refractivity contribution in [3.63, 3.8) is 0 Å². The second-order valence-electron chi connectivity index (χ2n) is 5.67. The van der Waals surface area contributed by atoms with Gasteiger partial charge in [-0.3, -0.25) is 0 Å². The second-order valence-corrected chi connectivity index (χ2v) is 5.67. The van der Waals surface area contributed by atoms with Gasteiger partial charge in [-0.2, -0.15) is 4.98 Å². The van der Waals surface area contributed by atoms with E-state index < -0.39 is 0 Å². The molecule has 5 nitrogen and oxygen atoms in total. The maximum atomic E-state index is 5.46. The monoisotopic (exact) mass is 334 g/mol. The molecule has 3 aromatic rings. The predicted octanol–water partition coefficient (Wildman–Crippen LogP) is 4.26. The third kappa shape index (κ3) is 4.70. The second kappa shape index (κ2) is 8.15. The van der Waals surface area contributed by atoms with Crippen LogP contribution in [0.25, 0.3) is 0 Å². The Morgan fingerprint density at radius 1 is 1.00 bits per heavy atom. The average molecular weight is 334 g/mol. The van der Waals surface area contributed by atoms with Crippen LogP contribution < -0.4 is 15.0 Å². The van der Waals surface area contributed by atoms with Crippen LogP contribution in [0.15, 0.2) is 66.9 Å². The summed E-state index contributed by atoms with van der Waals surface area (Å²) < 4.78 is 5.46. The molecule has 0 amide bonds. The van der Waals surface area contributed by atoms with Crippen LogP contribution in [0, 0.1) is 0 Å². The van der Waals surface area contributed by atoms with Crippen LogP contribution in [0.5, 0.6) is 5.75 Å². The molecule has 5 heteroatoms. The molecule has 128 valence electrons. The van der Waals surface area contributed by atoms with E-state index in [0.29, 0.717) is 12.6 Å². The molecule has 0 fully saturated rings. The Morgan fingerprint density at radius 3 is 2.48 bits per heavy atom. The number of nitrogens with zero attached hydrogens (tertiary/aromatic N) is 3. The quantitative estimate of drug-likeness (QED) is 0.700. The van der Waals surface area contributed by atoms with Crippen molar-refractivity contribution in [2.24, 2.45) is 0 Å². The van der Waals surface area contributed by atoms with Crippen molar-refractivity contribution in [2.75, 3.05) is 23.9 Å². The molecule has 2 aromatic carbocycles. The Balaban J connectivity index is 1.68. The third-order valence-electron chi connectivity index (χ3n) is 3.68. The normalized spacial score (nSPS) is 10.3. The van der Waals surface area contributed by atoms with Gasteiger partial charge >= 0.3 is 0 Å². The van der Waals surface area contributed by atoms with Crippen molar-refractivity contribution < 1.29 is 4.74 Å². The van der Waals surface area contributed by atoms with Gasteiger partial charge in [0.15, 0.2) is 0 Å². The van der Waals surface area contributed by atoms with Gasteiger partial charge in [0.05, 0.1) is 6.61 Å². The SMILES string of the molecule is CCOc1ccc(Nc2ccnc(N(C)Cc3ccccc3)n2)cc1. The lowest BCUT2D eigenvalue weighted by atomic mass is 10.2. The van der Waals surface area contributed by atoms with Crippen LogP contribution in [-0.4, -0.2) is 23.6 Å². The number of rotatable bonds is 7. The van der Waals surface area contributed by atoms with E-state index in [4.69, 9.17) is 4.74 Å². The Morgan fingerprint density at radius 2 is 1.76 bits per heavy atom. The topological polar surface area (TPSA) is 50.3 Å². The molecule has 25 heavy (non-hydrogen) atoms. The zero-order valence-corrected chi connectivity index (χ0v) is 14.5. The first kappa shape index (κ1) is 16.8. The van der Waals surface area contributed by atoms with Crippen LogP contribution in [0.1, 0.15) is 12.5 Å². The Hall–Kier alpha value is -3.08. The van der Waals surface area contributed by atoms with Gasteiger partial charge in [-0.15, -0.1) is 0 Å². The molecule has 0 saturated heterocycles. The number of benzene rings is 2. The van der Waals surface area contributed by atoms with Gasteiger partial charge in [-0.1, -0.05) is 30.3 Å². The zero-order valence-electron chi connectivity index (χ0n) is 14.5. The minimum atomic E-state index is 0.662. The summed E-state index contributed by atoms with van der Waals surface area (Å²) in [6, 6.07) is 20.0. The molecule has 0 spiro atoms. The summed E-state index contributed by atoms with van der Waals surface area (Å²) in [5.74, 6) is 2.30. The molecule has 0 aliphatic heterocycles. The van der Waals surface area contributed by atoms with Gasteiger partial charge in [0, 0.05) is 25.5 Å². The highest BCUT2D eigenvalue weighted by atomic mass is 16.5. The van der Waals surface area contributed by atoms with Crippen LogP contribution in [0.4, 0.5) is 17.5 Å². The fourth-order valence-corrected chi connectivity index (χ4v) is 2.48. The number of aromatic nitrogens is 2. The van der Waals surface area contributed by atoms with Crippen molar-refractivity contribution in [1.29, 1.82) is 0 Å². The van der Waals surface area contributed by atoms with Gasteiger partial charge in [-0.25, -0.2) is 4.98 Å². The van der Waals surface area contributed by atoms with E-state index in [-0.39, 0.29) is 0 Å². The predicted molar refractivity (Wildman–Crippen MR) is 101 cm³/mol. The first-order valence-corrected chi connectivity index (χ1v) is 8.32. The Kier molecular flexibility index (Phi) is 5.46. The first-order valence-electron chi connectivity index (χ1n) is 8.32. The van der Waals surface area contributed by atoms with Crippen molar-refractivity contribution in [1.82, 2.24) is 9.97 Å². The van der Waals surface area contributed by atoms with Crippen LogP contribution in [0.2, 0.25) is 0 Å². The summed E-state index contributed by atoms with van der Waals surface area (Å²) in [7, 11) is 1.99. The minimum Gasteiger partial charge on any atom is -0.494 e. The molecule has 0 atom stereocenters. The number of ether oxygens (including phenoxy) is 1. The van der Waals surface area contributed by atoms with Crippen molar-refractivity contribution in [3.05, 3.63) is 72.4 Å². The molecule has 1 heterocycles. The van der Waals surface area contributed by atoms with E-state index in [0.717, 1.165) is 23.8 Å². The number of hydrogen-bond donors (Lipinski definition) is 1. The molecule has 3 rings (SSSR count). The molecule has 0 bridgehead atoms. The third-order valence-corrected chi connectivity index (χ3v) is 3.68. The summed E-state index contributed by atoms with van der Waals surface area (Å²) in [4.78, 5) is 11.0. The Labute approximate surface area is 148 Å². The molecular weight excluding hydrogens is 312 g/mol. The molecule has 0 unspecified atom stereocenters. The Bertz CT molecular complexity index is 790. The zero-order chi connectivity index (χ0) is 17.5. The van der Waals surface area contributed by atoms with Crippen molar-refractivity contribution in [2.45, 2.75) is 13.5 Å². The summed E-state index contributed by atoms with van der Waals surface area (Å²) >= 11 is 0. The largest absolute Gasteiger partial charge is 0.494 e. The number of hydrogen-bond acceptors (Lipinski definition) is 5. The van der Waals surface area contributed by atoms with E-state index in [2.05, 4.69) is 27.4 Å². The van der Waals surface area contributed by atoms with E-state index >= 15 is 0 Å². The number of nitrogens with one attached hydrogen (secondary N) is 1. The smallest absolute Gasteiger partial charge is 0.227 e. The van der Waals surface area contributed by atoms with E-state index in [1.807, 2.05) is 67.4 Å². The summed E-state index contributed by atoms with van der Waals surface area (Å²) in [5.41, 5.74) is 2.18. The fourth-order valence-electron chi connectivity index (χ4n) is 2.48.